The van der Waals surface area contributed by atoms with Gasteiger partial charge in [-0.2, -0.15) is 0 Å². The summed E-state index contributed by atoms with van der Waals surface area (Å²) in [6.45, 7) is 1.46. The van der Waals surface area contributed by atoms with Crippen LogP contribution in [0.15, 0.2) is 51.7 Å². The van der Waals surface area contributed by atoms with Crippen LogP contribution in [0.1, 0.15) is 5.56 Å². The van der Waals surface area contributed by atoms with E-state index in [1.54, 1.807) is 19.1 Å². The smallest absolute Gasteiger partial charge is 0.336 e. The second-order valence-corrected chi connectivity index (χ2v) is 5.80. The largest absolute Gasteiger partial charge is 0.484 e. The molecule has 128 valence electrons. The standard InChI is InChI=1S/C18H13ClFNO4/c1-10-6-18(23)25-16-8-12(3-4-13(10)16)24-9-17(22)21-15-7-11(19)2-5-14(15)20/h2-8H,9H2,1H3,(H,21,22). The molecule has 0 spiro atoms. The highest BCUT2D eigenvalue weighted by molar-refractivity contribution is 6.30. The monoisotopic (exact) mass is 361 g/mol. The average molecular weight is 362 g/mol. The summed E-state index contributed by atoms with van der Waals surface area (Å²) in [4.78, 5) is 23.3. The van der Waals surface area contributed by atoms with Crippen molar-refractivity contribution in [2.75, 3.05) is 11.9 Å². The highest BCUT2D eigenvalue weighted by atomic mass is 35.5. The molecular weight excluding hydrogens is 349 g/mol. The molecule has 0 atom stereocenters. The third-order valence-corrected chi connectivity index (χ3v) is 3.73. The second kappa shape index (κ2) is 6.94. The number of hydrogen-bond acceptors (Lipinski definition) is 4. The number of fused-ring (bicyclic) bond motifs is 1. The molecule has 0 fully saturated rings. The molecule has 0 aliphatic carbocycles. The predicted molar refractivity (Wildman–Crippen MR) is 92.8 cm³/mol. The molecule has 7 heteroatoms. The number of amides is 1. The Labute approximate surface area is 147 Å². The van der Waals surface area contributed by atoms with E-state index < -0.39 is 17.3 Å². The number of carbonyl (C=O) groups excluding carboxylic acids is 1. The number of anilines is 1. The van der Waals surface area contributed by atoms with Crippen molar-refractivity contribution in [3.05, 3.63) is 69.3 Å². The Bertz CT molecular complexity index is 1020. The van der Waals surface area contributed by atoms with E-state index in [0.29, 0.717) is 16.4 Å². The lowest BCUT2D eigenvalue weighted by molar-refractivity contribution is -0.118. The van der Waals surface area contributed by atoms with E-state index in [0.717, 1.165) is 17.0 Å². The van der Waals surface area contributed by atoms with Crippen molar-refractivity contribution in [3.8, 4) is 5.75 Å². The molecule has 0 bridgehead atoms. The van der Waals surface area contributed by atoms with Gasteiger partial charge in [-0.05, 0) is 42.8 Å². The molecule has 1 N–H and O–H groups in total. The van der Waals surface area contributed by atoms with Crippen molar-refractivity contribution < 1.29 is 18.3 Å². The maximum atomic E-state index is 13.6. The van der Waals surface area contributed by atoms with Crippen LogP contribution in [0, 0.1) is 12.7 Å². The first-order valence-electron chi connectivity index (χ1n) is 7.34. The molecule has 0 saturated heterocycles. The van der Waals surface area contributed by atoms with Gasteiger partial charge in [0.25, 0.3) is 5.91 Å². The van der Waals surface area contributed by atoms with Crippen molar-refractivity contribution in [3.63, 3.8) is 0 Å². The van der Waals surface area contributed by atoms with E-state index in [1.807, 2.05) is 0 Å². The zero-order valence-corrected chi connectivity index (χ0v) is 13.9. The zero-order chi connectivity index (χ0) is 18.0. The first-order valence-corrected chi connectivity index (χ1v) is 7.72. The summed E-state index contributed by atoms with van der Waals surface area (Å²) in [5.74, 6) is -0.796. The Morgan fingerprint density at radius 2 is 2.04 bits per heavy atom. The molecule has 25 heavy (non-hydrogen) atoms. The highest BCUT2D eigenvalue weighted by Crippen LogP contribution is 2.23. The Kier molecular flexibility index (Phi) is 4.72. The summed E-state index contributed by atoms with van der Waals surface area (Å²) in [5.41, 5.74) is 0.660. The quantitative estimate of drug-likeness (QED) is 0.715. The molecule has 3 rings (SSSR count). The summed E-state index contributed by atoms with van der Waals surface area (Å²) < 4.78 is 24.1. The van der Waals surface area contributed by atoms with Crippen LogP contribution >= 0.6 is 11.6 Å². The van der Waals surface area contributed by atoms with Gasteiger partial charge in [0.15, 0.2) is 6.61 Å². The molecule has 1 aromatic heterocycles. The van der Waals surface area contributed by atoms with Crippen LogP contribution in [0.25, 0.3) is 11.0 Å². The van der Waals surface area contributed by atoms with Crippen molar-refractivity contribution in [2.24, 2.45) is 0 Å². The number of rotatable bonds is 4. The highest BCUT2D eigenvalue weighted by Gasteiger charge is 2.10. The van der Waals surface area contributed by atoms with Gasteiger partial charge in [-0.1, -0.05) is 11.6 Å². The van der Waals surface area contributed by atoms with Gasteiger partial charge in [0.05, 0.1) is 5.69 Å². The molecule has 3 aromatic rings. The number of benzene rings is 2. The third-order valence-electron chi connectivity index (χ3n) is 3.50. The first kappa shape index (κ1) is 17.0. The van der Waals surface area contributed by atoms with Crippen LogP contribution in [0.2, 0.25) is 5.02 Å². The SMILES string of the molecule is Cc1cc(=O)oc2cc(OCC(=O)Nc3cc(Cl)ccc3F)ccc12. The Morgan fingerprint density at radius 3 is 2.84 bits per heavy atom. The maximum absolute atomic E-state index is 13.6. The number of hydrogen-bond donors (Lipinski definition) is 1. The summed E-state index contributed by atoms with van der Waals surface area (Å²) in [5, 5.41) is 3.46. The van der Waals surface area contributed by atoms with E-state index >= 15 is 0 Å². The first-order chi connectivity index (χ1) is 11.9. The number of carbonyl (C=O) groups is 1. The predicted octanol–water partition coefficient (Wildman–Crippen LogP) is 3.91. The van der Waals surface area contributed by atoms with E-state index in [1.165, 1.54) is 24.3 Å². The summed E-state index contributed by atoms with van der Waals surface area (Å²) >= 11 is 5.77. The minimum atomic E-state index is -0.597. The van der Waals surface area contributed by atoms with E-state index in [4.69, 9.17) is 20.8 Å². The summed E-state index contributed by atoms with van der Waals surface area (Å²) in [6, 6.07) is 10.2. The van der Waals surface area contributed by atoms with Gasteiger partial charge in [0.2, 0.25) is 0 Å². The summed E-state index contributed by atoms with van der Waals surface area (Å²) in [7, 11) is 0. The molecule has 2 aromatic carbocycles. The van der Waals surface area contributed by atoms with Crippen LogP contribution in [-0.2, 0) is 4.79 Å². The lowest BCUT2D eigenvalue weighted by atomic mass is 10.1. The van der Waals surface area contributed by atoms with Crippen LogP contribution in [-0.4, -0.2) is 12.5 Å². The molecule has 0 aliphatic rings. The van der Waals surface area contributed by atoms with Crippen molar-refractivity contribution in [1.82, 2.24) is 0 Å². The van der Waals surface area contributed by atoms with Gasteiger partial charge in [-0.15, -0.1) is 0 Å². The Hall–Kier alpha value is -2.86. The fourth-order valence-corrected chi connectivity index (χ4v) is 2.50. The number of ether oxygens (including phenoxy) is 1. The fourth-order valence-electron chi connectivity index (χ4n) is 2.32. The molecule has 5 nitrogen and oxygen atoms in total. The number of aryl methyl sites for hydroxylation is 1. The van der Waals surface area contributed by atoms with Crippen molar-refractivity contribution in [2.45, 2.75) is 6.92 Å². The van der Waals surface area contributed by atoms with Gasteiger partial charge in [0.1, 0.15) is 17.1 Å². The Balaban J connectivity index is 1.70. The van der Waals surface area contributed by atoms with Crippen LogP contribution in [0.3, 0.4) is 0 Å². The topological polar surface area (TPSA) is 68.5 Å². The van der Waals surface area contributed by atoms with Crippen molar-refractivity contribution in [1.29, 1.82) is 0 Å². The summed E-state index contributed by atoms with van der Waals surface area (Å²) in [6.07, 6.45) is 0. The van der Waals surface area contributed by atoms with E-state index in [9.17, 15) is 14.0 Å². The molecule has 0 saturated carbocycles. The molecule has 0 unspecified atom stereocenters. The zero-order valence-electron chi connectivity index (χ0n) is 13.1. The third kappa shape index (κ3) is 3.97. The molecule has 1 heterocycles. The van der Waals surface area contributed by atoms with Crippen LogP contribution in [0.4, 0.5) is 10.1 Å². The number of halogens is 2. The van der Waals surface area contributed by atoms with Gasteiger partial charge in [-0.3, -0.25) is 4.79 Å². The van der Waals surface area contributed by atoms with Gasteiger partial charge in [0, 0.05) is 22.5 Å². The second-order valence-electron chi connectivity index (χ2n) is 5.37. The molecule has 0 radical (unpaired) electrons. The van der Waals surface area contributed by atoms with Crippen molar-refractivity contribution >= 4 is 34.2 Å². The molecule has 0 aliphatic heterocycles. The number of nitrogens with one attached hydrogen (secondary N) is 1. The normalized spacial score (nSPS) is 10.7. The lowest BCUT2D eigenvalue weighted by Gasteiger charge is -2.09. The van der Waals surface area contributed by atoms with Gasteiger partial charge in [-0.25, -0.2) is 9.18 Å². The average Bonchev–Trinajstić information content (AvgIpc) is 2.56. The van der Waals surface area contributed by atoms with E-state index in [-0.39, 0.29) is 12.3 Å². The van der Waals surface area contributed by atoms with Crippen LogP contribution < -0.4 is 15.7 Å². The van der Waals surface area contributed by atoms with Gasteiger partial charge < -0.3 is 14.5 Å². The lowest BCUT2D eigenvalue weighted by Crippen LogP contribution is -2.20. The maximum Gasteiger partial charge on any atom is 0.336 e. The minimum Gasteiger partial charge on any atom is -0.484 e. The Morgan fingerprint density at radius 1 is 1.24 bits per heavy atom. The van der Waals surface area contributed by atoms with E-state index in [2.05, 4.69) is 5.32 Å². The van der Waals surface area contributed by atoms with Crippen LogP contribution in [0.5, 0.6) is 5.75 Å². The van der Waals surface area contributed by atoms with Gasteiger partial charge >= 0.3 is 5.63 Å². The fraction of sp³-hybridized carbons (Fsp3) is 0.111. The minimum absolute atomic E-state index is 0.0266. The molecular formula is C18H13ClFNO4. The molecule has 1 amide bonds.